The summed E-state index contributed by atoms with van der Waals surface area (Å²) in [4.78, 5) is 37.8. The van der Waals surface area contributed by atoms with Gasteiger partial charge in [0.1, 0.15) is 5.82 Å². The molecular weight excluding hydrogens is 311 g/mol. The van der Waals surface area contributed by atoms with Crippen molar-refractivity contribution in [3.63, 3.8) is 0 Å². The lowest BCUT2D eigenvalue weighted by Gasteiger charge is -2.14. The van der Waals surface area contributed by atoms with Gasteiger partial charge in [0, 0.05) is 18.7 Å². The normalized spacial score (nSPS) is 22.7. The maximum atomic E-state index is 13.5. The molecule has 2 aliphatic rings. The minimum Gasteiger partial charge on any atom is -0.326 e. The van der Waals surface area contributed by atoms with Crippen molar-refractivity contribution < 1.29 is 18.8 Å². The second kappa shape index (κ2) is 6.55. The number of hydrogen-bond donors (Lipinski definition) is 1. The number of anilines is 1. The minimum absolute atomic E-state index is 0.000155. The molecule has 1 aromatic rings. The fourth-order valence-corrected chi connectivity index (χ4v) is 3.20. The second-order valence-corrected chi connectivity index (χ2v) is 6.25. The van der Waals surface area contributed by atoms with Gasteiger partial charge in [-0.1, -0.05) is 18.2 Å². The lowest BCUT2D eigenvalue weighted by atomic mass is 9.85. The lowest BCUT2D eigenvalue weighted by Crippen LogP contribution is -2.34. The summed E-state index contributed by atoms with van der Waals surface area (Å²) in [7, 11) is 0. The van der Waals surface area contributed by atoms with Gasteiger partial charge in [-0.25, -0.2) is 4.39 Å². The standard InChI is InChI=1S/C18H19FN2O3/c1-11-6-7-12(10-15(11)19)20-16(22)8-9-21-17(23)13-4-2-3-5-14(13)18(21)24/h2-3,6-7,10,13-14H,4-5,8-9H2,1H3,(H,20,22)/t13-,14+. The summed E-state index contributed by atoms with van der Waals surface area (Å²) in [6, 6.07) is 4.44. The molecule has 3 rings (SSSR count). The van der Waals surface area contributed by atoms with Gasteiger partial charge in [-0.3, -0.25) is 19.3 Å². The Kier molecular flexibility index (Phi) is 4.46. The van der Waals surface area contributed by atoms with Gasteiger partial charge in [0.05, 0.1) is 11.8 Å². The number of fused-ring (bicyclic) bond motifs is 1. The highest BCUT2D eigenvalue weighted by atomic mass is 19.1. The third kappa shape index (κ3) is 3.09. The number of carbonyl (C=O) groups is 3. The summed E-state index contributed by atoms with van der Waals surface area (Å²) in [6.45, 7) is 1.70. The van der Waals surface area contributed by atoms with E-state index in [1.807, 2.05) is 12.2 Å². The number of carbonyl (C=O) groups excluding carboxylic acids is 3. The molecule has 1 aliphatic carbocycles. The second-order valence-electron chi connectivity index (χ2n) is 6.25. The lowest BCUT2D eigenvalue weighted by molar-refractivity contribution is -0.140. The van der Waals surface area contributed by atoms with Crippen molar-refractivity contribution in [2.75, 3.05) is 11.9 Å². The Bertz CT molecular complexity index is 703. The van der Waals surface area contributed by atoms with Crippen molar-refractivity contribution in [3.05, 3.63) is 41.7 Å². The molecule has 2 atom stereocenters. The fraction of sp³-hybridized carbons (Fsp3) is 0.389. The quantitative estimate of drug-likeness (QED) is 0.681. The number of amides is 3. The smallest absolute Gasteiger partial charge is 0.233 e. The molecule has 0 unspecified atom stereocenters. The monoisotopic (exact) mass is 330 g/mol. The van der Waals surface area contributed by atoms with Gasteiger partial charge in [0.15, 0.2) is 0 Å². The van der Waals surface area contributed by atoms with Gasteiger partial charge in [0.25, 0.3) is 0 Å². The zero-order chi connectivity index (χ0) is 17.3. The Morgan fingerprint density at radius 1 is 1.21 bits per heavy atom. The predicted octanol–water partition coefficient (Wildman–Crippen LogP) is 2.41. The number of nitrogens with one attached hydrogen (secondary N) is 1. The highest BCUT2D eigenvalue weighted by Crippen LogP contribution is 2.35. The molecule has 0 saturated carbocycles. The van der Waals surface area contributed by atoms with Crippen molar-refractivity contribution in [1.82, 2.24) is 4.90 Å². The van der Waals surface area contributed by atoms with Crippen LogP contribution >= 0.6 is 0 Å². The molecule has 0 radical (unpaired) electrons. The third-order valence-corrected chi connectivity index (χ3v) is 4.62. The largest absolute Gasteiger partial charge is 0.326 e. The molecule has 126 valence electrons. The molecule has 0 bridgehead atoms. The number of rotatable bonds is 4. The van der Waals surface area contributed by atoms with E-state index in [0.717, 1.165) is 0 Å². The van der Waals surface area contributed by atoms with Crippen molar-refractivity contribution in [1.29, 1.82) is 0 Å². The Hall–Kier alpha value is -2.50. The van der Waals surface area contributed by atoms with Crippen LogP contribution in [0.3, 0.4) is 0 Å². The molecule has 5 nitrogen and oxygen atoms in total. The Balaban J connectivity index is 1.57. The van der Waals surface area contributed by atoms with Crippen LogP contribution in [0.4, 0.5) is 10.1 Å². The molecule has 1 aliphatic heterocycles. The van der Waals surface area contributed by atoms with Gasteiger partial charge in [-0.15, -0.1) is 0 Å². The number of benzene rings is 1. The molecular formula is C18H19FN2O3. The molecule has 1 fully saturated rings. The van der Waals surface area contributed by atoms with E-state index in [-0.39, 0.29) is 42.5 Å². The zero-order valence-electron chi connectivity index (χ0n) is 13.4. The maximum Gasteiger partial charge on any atom is 0.233 e. The van der Waals surface area contributed by atoms with E-state index < -0.39 is 5.82 Å². The highest BCUT2D eigenvalue weighted by molar-refractivity contribution is 6.05. The number of halogens is 1. The number of likely N-dealkylation sites (tertiary alicyclic amines) is 1. The van der Waals surface area contributed by atoms with Crippen LogP contribution in [0.1, 0.15) is 24.8 Å². The van der Waals surface area contributed by atoms with Crippen molar-refractivity contribution in [3.8, 4) is 0 Å². The Morgan fingerprint density at radius 2 is 1.83 bits per heavy atom. The van der Waals surface area contributed by atoms with E-state index in [4.69, 9.17) is 0 Å². The van der Waals surface area contributed by atoms with Crippen LogP contribution in [-0.4, -0.2) is 29.2 Å². The van der Waals surface area contributed by atoms with E-state index in [0.29, 0.717) is 24.1 Å². The summed E-state index contributed by atoms with van der Waals surface area (Å²) >= 11 is 0. The summed E-state index contributed by atoms with van der Waals surface area (Å²) in [5, 5.41) is 2.59. The summed E-state index contributed by atoms with van der Waals surface area (Å²) in [6.07, 6.45) is 5.02. The van der Waals surface area contributed by atoms with Crippen LogP contribution < -0.4 is 5.32 Å². The first-order chi connectivity index (χ1) is 11.5. The number of imide groups is 1. The average molecular weight is 330 g/mol. The van der Waals surface area contributed by atoms with Crippen LogP contribution in [-0.2, 0) is 14.4 Å². The molecule has 3 amide bonds. The Morgan fingerprint density at radius 3 is 2.42 bits per heavy atom. The first-order valence-corrected chi connectivity index (χ1v) is 8.03. The molecule has 0 spiro atoms. The molecule has 1 aromatic carbocycles. The topological polar surface area (TPSA) is 66.5 Å². The number of hydrogen-bond acceptors (Lipinski definition) is 3. The van der Waals surface area contributed by atoms with Gasteiger partial charge in [-0.05, 0) is 37.5 Å². The first kappa shape index (κ1) is 16.4. The van der Waals surface area contributed by atoms with Gasteiger partial charge in [-0.2, -0.15) is 0 Å². The highest BCUT2D eigenvalue weighted by Gasteiger charge is 2.46. The van der Waals surface area contributed by atoms with Crippen molar-refractivity contribution in [2.45, 2.75) is 26.2 Å². The fourth-order valence-electron chi connectivity index (χ4n) is 3.20. The molecule has 1 saturated heterocycles. The number of nitrogens with zero attached hydrogens (tertiary/aromatic N) is 1. The van der Waals surface area contributed by atoms with Crippen LogP contribution in [0.2, 0.25) is 0 Å². The number of aryl methyl sites for hydroxylation is 1. The molecule has 6 heteroatoms. The van der Waals surface area contributed by atoms with E-state index in [1.165, 1.54) is 11.0 Å². The van der Waals surface area contributed by atoms with E-state index in [9.17, 15) is 18.8 Å². The molecule has 24 heavy (non-hydrogen) atoms. The van der Waals surface area contributed by atoms with Crippen molar-refractivity contribution in [2.24, 2.45) is 11.8 Å². The van der Waals surface area contributed by atoms with Crippen LogP contribution in [0.15, 0.2) is 30.4 Å². The summed E-state index contributed by atoms with van der Waals surface area (Å²) in [5.41, 5.74) is 0.859. The van der Waals surface area contributed by atoms with Gasteiger partial charge >= 0.3 is 0 Å². The number of allylic oxidation sites excluding steroid dienone is 2. The minimum atomic E-state index is -0.394. The zero-order valence-corrected chi connectivity index (χ0v) is 13.4. The predicted molar refractivity (Wildman–Crippen MR) is 86.5 cm³/mol. The van der Waals surface area contributed by atoms with Crippen molar-refractivity contribution >= 4 is 23.4 Å². The first-order valence-electron chi connectivity index (χ1n) is 8.03. The van der Waals surface area contributed by atoms with E-state index in [1.54, 1.807) is 19.1 Å². The average Bonchev–Trinajstić information content (AvgIpc) is 2.81. The van der Waals surface area contributed by atoms with Crippen LogP contribution in [0.5, 0.6) is 0 Å². The van der Waals surface area contributed by atoms with Crippen LogP contribution in [0.25, 0.3) is 0 Å². The van der Waals surface area contributed by atoms with E-state index >= 15 is 0 Å². The van der Waals surface area contributed by atoms with Crippen LogP contribution in [0, 0.1) is 24.6 Å². The Labute approximate surface area is 139 Å². The van der Waals surface area contributed by atoms with Gasteiger partial charge in [0.2, 0.25) is 17.7 Å². The van der Waals surface area contributed by atoms with E-state index in [2.05, 4.69) is 5.32 Å². The molecule has 1 heterocycles. The summed E-state index contributed by atoms with van der Waals surface area (Å²) < 4.78 is 13.5. The summed E-state index contributed by atoms with van der Waals surface area (Å²) in [5.74, 6) is -1.69. The molecule has 0 aromatic heterocycles. The molecule has 1 N–H and O–H groups in total. The maximum absolute atomic E-state index is 13.5. The third-order valence-electron chi connectivity index (χ3n) is 4.62. The SMILES string of the molecule is Cc1ccc(NC(=O)CCN2C(=O)[C@H]3CC=CC[C@H]3C2=O)cc1F. The van der Waals surface area contributed by atoms with Gasteiger partial charge < -0.3 is 5.32 Å².